The molecule has 6 nitrogen and oxygen atoms in total. The average Bonchev–Trinajstić information content (AvgIpc) is 3.47. The number of nitrogens with zero attached hydrogens (tertiary/aromatic N) is 3. The van der Waals surface area contributed by atoms with Crippen LogP contribution in [0.2, 0.25) is 0 Å². The van der Waals surface area contributed by atoms with Gasteiger partial charge in [0.15, 0.2) is 0 Å². The fraction of sp³-hybridized carbons (Fsp3) is 0.455. The molecule has 2 heterocycles. The minimum Gasteiger partial charge on any atom is -0.497 e. The molecular formula is C22H27N3O3S. The SMILES string of the molecule is COc1ccc(CN(CC(=O)N2CCN(C(=O)c3cccs3)CC2)C2CC2)cc1. The molecule has 0 bridgehead atoms. The summed E-state index contributed by atoms with van der Waals surface area (Å²) in [6.07, 6.45) is 2.32. The van der Waals surface area contributed by atoms with E-state index in [0.717, 1.165) is 30.0 Å². The fourth-order valence-electron chi connectivity index (χ4n) is 3.71. The number of piperazine rings is 1. The molecule has 29 heavy (non-hydrogen) atoms. The van der Waals surface area contributed by atoms with E-state index >= 15 is 0 Å². The van der Waals surface area contributed by atoms with Crippen LogP contribution in [0.25, 0.3) is 0 Å². The second-order valence-electron chi connectivity index (χ2n) is 7.63. The molecule has 154 valence electrons. The second-order valence-corrected chi connectivity index (χ2v) is 8.58. The Bertz CT molecular complexity index is 825. The first-order valence-corrected chi connectivity index (χ1v) is 11.0. The highest BCUT2D eigenvalue weighted by Crippen LogP contribution is 2.28. The summed E-state index contributed by atoms with van der Waals surface area (Å²) in [5.41, 5.74) is 1.19. The van der Waals surface area contributed by atoms with Crippen LogP contribution in [0.3, 0.4) is 0 Å². The van der Waals surface area contributed by atoms with Crippen LogP contribution in [0.4, 0.5) is 0 Å². The maximum atomic E-state index is 12.9. The lowest BCUT2D eigenvalue weighted by molar-refractivity contribution is -0.134. The van der Waals surface area contributed by atoms with Crippen molar-refractivity contribution >= 4 is 23.2 Å². The third kappa shape index (κ3) is 4.97. The Kier molecular flexibility index (Phi) is 6.16. The summed E-state index contributed by atoms with van der Waals surface area (Å²) >= 11 is 1.47. The number of carbonyl (C=O) groups is 2. The molecule has 1 aromatic carbocycles. The number of ether oxygens (including phenoxy) is 1. The number of benzene rings is 1. The molecule has 2 aliphatic rings. The number of thiophene rings is 1. The number of amides is 2. The van der Waals surface area contributed by atoms with Crippen molar-refractivity contribution in [1.29, 1.82) is 0 Å². The van der Waals surface area contributed by atoms with Gasteiger partial charge in [0.25, 0.3) is 5.91 Å². The summed E-state index contributed by atoms with van der Waals surface area (Å²) in [7, 11) is 1.66. The number of carbonyl (C=O) groups excluding carboxylic acids is 2. The Morgan fingerprint density at radius 2 is 1.76 bits per heavy atom. The largest absolute Gasteiger partial charge is 0.497 e. The second kappa shape index (κ2) is 8.97. The van der Waals surface area contributed by atoms with E-state index in [2.05, 4.69) is 17.0 Å². The van der Waals surface area contributed by atoms with E-state index in [4.69, 9.17) is 4.74 Å². The van der Waals surface area contributed by atoms with Crippen LogP contribution >= 0.6 is 11.3 Å². The molecule has 2 fully saturated rings. The highest BCUT2D eigenvalue weighted by Gasteiger charge is 2.32. The lowest BCUT2D eigenvalue weighted by Crippen LogP contribution is -2.52. The summed E-state index contributed by atoms with van der Waals surface area (Å²) in [6, 6.07) is 12.3. The summed E-state index contributed by atoms with van der Waals surface area (Å²) in [5, 5.41) is 1.92. The number of hydrogen-bond donors (Lipinski definition) is 0. The van der Waals surface area contributed by atoms with Gasteiger partial charge in [-0.2, -0.15) is 0 Å². The summed E-state index contributed by atoms with van der Waals surface area (Å²) in [6.45, 7) is 3.63. The third-order valence-electron chi connectivity index (χ3n) is 5.60. The van der Waals surface area contributed by atoms with Crippen LogP contribution < -0.4 is 4.74 Å². The first-order chi connectivity index (χ1) is 14.1. The Labute approximate surface area is 175 Å². The van der Waals surface area contributed by atoms with Crippen molar-refractivity contribution in [2.45, 2.75) is 25.4 Å². The molecule has 4 rings (SSSR count). The van der Waals surface area contributed by atoms with Crippen LogP contribution in [0.1, 0.15) is 28.1 Å². The van der Waals surface area contributed by atoms with Gasteiger partial charge < -0.3 is 14.5 Å². The van der Waals surface area contributed by atoms with Crippen LogP contribution in [0.15, 0.2) is 41.8 Å². The van der Waals surface area contributed by atoms with Crippen molar-refractivity contribution in [2.75, 3.05) is 39.8 Å². The number of methoxy groups -OCH3 is 1. The van der Waals surface area contributed by atoms with Crippen molar-refractivity contribution in [3.8, 4) is 5.75 Å². The molecular weight excluding hydrogens is 386 g/mol. The molecule has 1 aliphatic heterocycles. The third-order valence-corrected chi connectivity index (χ3v) is 6.46. The Morgan fingerprint density at radius 1 is 1.07 bits per heavy atom. The number of rotatable bonds is 7. The minimum atomic E-state index is 0.0752. The monoisotopic (exact) mass is 413 g/mol. The molecule has 1 saturated carbocycles. The molecule has 0 atom stereocenters. The highest BCUT2D eigenvalue weighted by molar-refractivity contribution is 7.12. The van der Waals surface area contributed by atoms with Gasteiger partial charge in [0.05, 0.1) is 18.5 Å². The van der Waals surface area contributed by atoms with Gasteiger partial charge in [0, 0.05) is 38.8 Å². The number of hydrogen-bond acceptors (Lipinski definition) is 5. The van der Waals surface area contributed by atoms with E-state index in [1.54, 1.807) is 7.11 Å². The highest BCUT2D eigenvalue weighted by atomic mass is 32.1. The summed E-state index contributed by atoms with van der Waals surface area (Å²) in [5.74, 6) is 1.08. The molecule has 1 aromatic heterocycles. The zero-order valence-electron chi connectivity index (χ0n) is 16.8. The molecule has 0 unspecified atom stereocenters. The van der Waals surface area contributed by atoms with Crippen molar-refractivity contribution < 1.29 is 14.3 Å². The van der Waals surface area contributed by atoms with Gasteiger partial charge in [-0.3, -0.25) is 14.5 Å². The van der Waals surface area contributed by atoms with Crippen molar-refractivity contribution in [3.63, 3.8) is 0 Å². The molecule has 0 spiro atoms. The van der Waals surface area contributed by atoms with Crippen molar-refractivity contribution in [1.82, 2.24) is 14.7 Å². The summed E-state index contributed by atoms with van der Waals surface area (Å²) < 4.78 is 5.23. The van der Waals surface area contributed by atoms with E-state index in [-0.39, 0.29) is 11.8 Å². The molecule has 0 radical (unpaired) electrons. The van der Waals surface area contributed by atoms with Gasteiger partial charge in [0.1, 0.15) is 5.75 Å². The summed E-state index contributed by atoms with van der Waals surface area (Å²) in [4.78, 5) is 32.2. The zero-order valence-corrected chi connectivity index (χ0v) is 17.6. The smallest absolute Gasteiger partial charge is 0.264 e. The van der Waals surface area contributed by atoms with Crippen LogP contribution in [0.5, 0.6) is 5.75 Å². The maximum Gasteiger partial charge on any atom is 0.264 e. The van der Waals surface area contributed by atoms with Gasteiger partial charge in [-0.15, -0.1) is 11.3 Å². The quantitative estimate of drug-likeness (QED) is 0.700. The standard InChI is InChI=1S/C22H27N3O3S/c1-28-19-8-4-17(5-9-19)15-25(18-6-7-18)16-21(26)23-10-12-24(13-11-23)22(27)20-3-2-14-29-20/h2-5,8-9,14,18H,6-7,10-13,15-16H2,1H3. The maximum absolute atomic E-state index is 12.9. The van der Waals surface area contributed by atoms with Crippen LogP contribution in [0, 0.1) is 0 Å². The molecule has 1 saturated heterocycles. The molecule has 7 heteroatoms. The average molecular weight is 414 g/mol. The Balaban J connectivity index is 1.30. The topological polar surface area (TPSA) is 53.1 Å². The van der Waals surface area contributed by atoms with Crippen LogP contribution in [-0.4, -0.2) is 72.4 Å². The van der Waals surface area contributed by atoms with Gasteiger partial charge >= 0.3 is 0 Å². The van der Waals surface area contributed by atoms with Gasteiger partial charge in [-0.25, -0.2) is 0 Å². The first kappa shape index (κ1) is 19.9. The van der Waals surface area contributed by atoms with Crippen molar-refractivity contribution in [2.24, 2.45) is 0 Å². The molecule has 1 aliphatic carbocycles. The Hall–Kier alpha value is -2.38. The van der Waals surface area contributed by atoms with E-state index in [1.165, 1.54) is 16.9 Å². The molecule has 2 aromatic rings. The van der Waals surface area contributed by atoms with Gasteiger partial charge in [-0.1, -0.05) is 18.2 Å². The lowest BCUT2D eigenvalue weighted by atomic mass is 10.2. The van der Waals surface area contributed by atoms with E-state index in [0.29, 0.717) is 38.8 Å². The van der Waals surface area contributed by atoms with Gasteiger partial charge in [-0.05, 0) is 42.0 Å². The normalized spacial score (nSPS) is 16.9. The van der Waals surface area contributed by atoms with Crippen molar-refractivity contribution in [3.05, 3.63) is 52.2 Å². The van der Waals surface area contributed by atoms with Gasteiger partial charge in [0.2, 0.25) is 5.91 Å². The minimum absolute atomic E-state index is 0.0752. The predicted octanol–water partition coefficient (Wildman–Crippen LogP) is 2.71. The fourth-order valence-corrected chi connectivity index (χ4v) is 4.40. The zero-order chi connectivity index (χ0) is 20.2. The lowest BCUT2D eigenvalue weighted by Gasteiger charge is -2.35. The molecule has 2 amide bonds. The van der Waals surface area contributed by atoms with E-state index in [1.807, 2.05) is 39.4 Å². The first-order valence-electron chi connectivity index (χ1n) is 10.1. The molecule has 0 N–H and O–H groups in total. The predicted molar refractivity (Wildman–Crippen MR) is 113 cm³/mol. The van der Waals surface area contributed by atoms with E-state index in [9.17, 15) is 9.59 Å². The van der Waals surface area contributed by atoms with Crippen LogP contribution in [-0.2, 0) is 11.3 Å². The van der Waals surface area contributed by atoms with E-state index < -0.39 is 0 Å². The Morgan fingerprint density at radius 3 is 2.34 bits per heavy atom.